The molecular formula is C18H30N6O5. The first kappa shape index (κ1) is 22.8. The van der Waals surface area contributed by atoms with E-state index < -0.39 is 0 Å². The number of nitrogens with zero attached hydrogens (tertiary/aromatic N) is 5. The fourth-order valence-electron chi connectivity index (χ4n) is 3.61. The molecule has 2 aliphatic rings. The Bertz CT molecular complexity index is 635. The second-order valence-electron chi connectivity index (χ2n) is 7.07. The Morgan fingerprint density at radius 3 is 2.62 bits per heavy atom. The van der Waals surface area contributed by atoms with Crippen molar-refractivity contribution in [2.24, 2.45) is 0 Å². The van der Waals surface area contributed by atoms with Crippen LogP contribution >= 0.6 is 0 Å². The number of hydrogen-bond acceptors (Lipinski definition) is 7. The van der Waals surface area contributed by atoms with Crippen molar-refractivity contribution in [1.29, 1.82) is 0 Å². The van der Waals surface area contributed by atoms with Crippen molar-refractivity contribution in [3.8, 4) is 0 Å². The van der Waals surface area contributed by atoms with Crippen LogP contribution in [0.5, 0.6) is 0 Å². The number of nitrogens with one attached hydrogen (secondary N) is 1. The van der Waals surface area contributed by atoms with Gasteiger partial charge in [0.2, 0.25) is 11.8 Å². The third-order valence-electron chi connectivity index (χ3n) is 5.33. The summed E-state index contributed by atoms with van der Waals surface area (Å²) in [6.45, 7) is 3.56. The smallest absolute Gasteiger partial charge is 0.290 e. The fraction of sp³-hybridized carbons (Fsp3) is 0.722. The number of aromatic nitrogens is 3. The Kier molecular flexibility index (Phi) is 9.51. The number of likely N-dealkylation sites (tertiary alicyclic amines) is 1. The summed E-state index contributed by atoms with van der Waals surface area (Å²) in [6, 6.07) is 0.537. The molecule has 11 nitrogen and oxygen atoms in total. The van der Waals surface area contributed by atoms with Gasteiger partial charge in [-0.3, -0.25) is 24.0 Å². The first-order chi connectivity index (χ1) is 14.0. The zero-order chi connectivity index (χ0) is 21.1. The lowest BCUT2D eigenvalue weighted by Crippen LogP contribution is -2.45. The van der Waals surface area contributed by atoms with Gasteiger partial charge >= 0.3 is 0 Å². The third kappa shape index (κ3) is 7.42. The van der Waals surface area contributed by atoms with Crippen molar-refractivity contribution in [3.63, 3.8) is 0 Å². The van der Waals surface area contributed by atoms with Crippen LogP contribution in [0.4, 0.5) is 0 Å². The maximum absolute atomic E-state index is 12.4. The Hall–Kier alpha value is -2.53. The van der Waals surface area contributed by atoms with Gasteiger partial charge in [-0.05, 0) is 19.9 Å². The van der Waals surface area contributed by atoms with Gasteiger partial charge in [0.1, 0.15) is 12.7 Å². The van der Waals surface area contributed by atoms with Gasteiger partial charge in [0.05, 0.1) is 19.8 Å². The lowest BCUT2D eigenvalue weighted by atomic mass is 10.1. The van der Waals surface area contributed by atoms with E-state index in [9.17, 15) is 9.59 Å². The van der Waals surface area contributed by atoms with Gasteiger partial charge in [-0.25, -0.2) is 4.98 Å². The maximum Gasteiger partial charge on any atom is 0.290 e. The Balaban J connectivity index is 0.000000941. The lowest BCUT2D eigenvalue weighted by molar-refractivity contribution is -0.136. The molecule has 1 aromatic heterocycles. The number of carbonyl (C=O) groups is 3. The van der Waals surface area contributed by atoms with Crippen LogP contribution in [-0.2, 0) is 25.7 Å². The summed E-state index contributed by atoms with van der Waals surface area (Å²) < 4.78 is 6.95. The summed E-state index contributed by atoms with van der Waals surface area (Å²) in [5.74, 6) is 0.226. The van der Waals surface area contributed by atoms with Crippen LogP contribution < -0.4 is 5.32 Å². The number of morpholine rings is 1. The number of carboxylic acid groups (broad SMARTS) is 1. The summed E-state index contributed by atoms with van der Waals surface area (Å²) in [4.78, 5) is 40.8. The van der Waals surface area contributed by atoms with Gasteiger partial charge in [-0.1, -0.05) is 0 Å². The summed E-state index contributed by atoms with van der Waals surface area (Å²) in [6.07, 6.45) is 6.00. The number of aryl methyl sites for hydroxylation is 1. The topological polar surface area (TPSA) is 130 Å². The Morgan fingerprint density at radius 2 is 1.97 bits per heavy atom. The van der Waals surface area contributed by atoms with E-state index in [0.29, 0.717) is 52.2 Å². The van der Waals surface area contributed by atoms with Crippen LogP contribution in [0, 0.1) is 0 Å². The van der Waals surface area contributed by atoms with Crippen molar-refractivity contribution in [1.82, 2.24) is 29.9 Å². The van der Waals surface area contributed by atoms with Gasteiger partial charge in [-0.2, -0.15) is 5.10 Å². The summed E-state index contributed by atoms with van der Waals surface area (Å²) in [7, 11) is 2.05. The molecule has 3 heterocycles. The van der Waals surface area contributed by atoms with Crippen molar-refractivity contribution in [2.45, 2.75) is 44.3 Å². The number of hydrogen-bond donors (Lipinski definition) is 2. The zero-order valence-electron chi connectivity index (χ0n) is 16.8. The Labute approximate surface area is 170 Å². The molecule has 0 unspecified atom stereocenters. The molecule has 2 amide bonds. The molecule has 29 heavy (non-hydrogen) atoms. The number of amides is 2. The number of ether oxygens (including phenoxy) is 1. The lowest BCUT2D eigenvalue weighted by Gasteiger charge is -2.30. The number of rotatable bonds is 7. The quantitative estimate of drug-likeness (QED) is 0.559. The average Bonchev–Trinajstić information content (AvgIpc) is 3.37. The molecule has 2 atom stereocenters. The second-order valence-corrected chi connectivity index (χ2v) is 7.07. The minimum Gasteiger partial charge on any atom is -0.483 e. The van der Waals surface area contributed by atoms with E-state index >= 15 is 0 Å². The van der Waals surface area contributed by atoms with Crippen LogP contribution in [0.2, 0.25) is 0 Å². The van der Waals surface area contributed by atoms with E-state index in [2.05, 4.69) is 27.3 Å². The van der Waals surface area contributed by atoms with Crippen molar-refractivity contribution in [3.05, 3.63) is 12.7 Å². The van der Waals surface area contributed by atoms with Crippen molar-refractivity contribution < 1.29 is 24.2 Å². The highest BCUT2D eigenvalue weighted by molar-refractivity contribution is 5.77. The molecule has 0 spiro atoms. The molecule has 162 valence electrons. The first-order valence-electron chi connectivity index (χ1n) is 9.79. The van der Waals surface area contributed by atoms with Crippen LogP contribution in [-0.4, -0.2) is 99.9 Å². The monoisotopic (exact) mass is 410 g/mol. The maximum atomic E-state index is 12.4. The average molecular weight is 410 g/mol. The first-order valence-corrected chi connectivity index (χ1v) is 9.79. The van der Waals surface area contributed by atoms with E-state index in [4.69, 9.17) is 14.6 Å². The largest absolute Gasteiger partial charge is 0.483 e. The van der Waals surface area contributed by atoms with Crippen LogP contribution in [0.15, 0.2) is 12.7 Å². The third-order valence-corrected chi connectivity index (χ3v) is 5.33. The number of likely N-dealkylation sites (N-methyl/N-ethyl adjacent to an activating group) is 1. The highest BCUT2D eigenvalue weighted by Gasteiger charge is 2.33. The SMILES string of the molecule is CN1[C@@H](CC(=O)N2CCOCC2)CC[C@H]1CNC(=O)CCn1cncn1.O=CO. The summed E-state index contributed by atoms with van der Waals surface area (Å²) >= 11 is 0. The molecular weight excluding hydrogens is 380 g/mol. The highest BCUT2D eigenvalue weighted by Crippen LogP contribution is 2.25. The molecule has 11 heteroatoms. The van der Waals surface area contributed by atoms with E-state index in [1.807, 2.05) is 4.90 Å². The van der Waals surface area contributed by atoms with Crippen LogP contribution in [0.25, 0.3) is 0 Å². The minimum atomic E-state index is -0.250. The molecule has 3 rings (SSSR count). The molecule has 2 fully saturated rings. The fourth-order valence-corrected chi connectivity index (χ4v) is 3.61. The van der Waals surface area contributed by atoms with Gasteiger partial charge in [0, 0.05) is 44.6 Å². The van der Waals surface area contributed by atoms with Crippen molar-refractivity contribution in [2.75, 3.05) is 39.9 Å². The van der Waals surface area contributed by atoms with E-state index in [-0.39, 0.29) is 30.4 Å². The van der Waals surface area contributed by atoms with Crippen LogP contribution in [0.1, 0.15) is 25.7 Å². The normalized spacial score (nSPS) is 21.9. The molecule has 2 aliphatic heterocycles. The van der Waals surface area contributed by atoms with Gasteiger partial charge in [0.25, 0.3) is 6.47 Å². The standard InChI is InChI=1S/C17H28N6O3.CH2O2/c1-21-14(10-17(25)22-6-8-26-9-7-22)2-3-15(21)11-19-16(24)4-5-23-13-18-12-20-23;2-1-3/h12-15H,2-11H2,1H3,(H,19,24);1H,(H,2,3)/t14-,15+;/m1./s1. The van der Waals surface area contributed by atoms with E-state index in [1.54, 1.807) is 11.0 Å². The molecule has 0 radical (unpaired) electrons. The molecule has 0 saturated carbocycles. The zero-order valence-corrected chi connectivity index (χ0v) is 16.8. The molecule has 2 N–H and O–H groups in total. The highest BCUT2D eigenvalue weighted by atomic mass is 16.5. The van der Waals surface area contributed by atoms with Crippen LogP contribution in [0.3, 0.4) is 0 Å². The van der Waals surface area contributed by atoms with E-state index in [0.717, 1.165) is 12.8 Å². The minimum absolute atomic E-state index is 0.0155. The van der Waals surface area contributed by atoms with Gasteiger partial charge < -0.3 is 20.1 Å². The van der Waals surface area contributed by atoms with Gasteiger partial charge in [0.15, 0.2) is 0 Å². The molecule has 1 aromatic rings. The molecule has 0 aliphatic carbocycles. The van der Waals surface area contributed by atoms with Gasteiger partial charge in [-0.15, -0.1) is 0 Å². The predicted molar refractivity (Wildman–Crippen MR) is 103 cm³/mol. The van der Waals surface area contributed by atoms with E-state index in [1.165, 1.54) is 6.33 Å². The predicted octanol–water partition coefficient (Wildman–Crippen LogP) is -0.803. The summed E-state index contributed by atoms with van der Waals surface area (Å²) in [5, 5.41) is 13.9. The number of carbonyl (C=O) groups excluding carboxylic acids is 2. The molecule has 0 aromatic carbocycles. The molecule has 0 bridgehead atoms. The second kappa shape index (κ2) is 12.1. The Morgan fingerprint density at radius 1 is 1.28 bits per heavy atom. The van der Waals surface area contributed by atoms with Crippen molar-refractivity contribution >= 4 is 18.3 Å². The molecule has 2 saturated heterocycles. The summed E-state index contributed by atoms with van der Waals surface area (Å²) in [5.41, 5.74) is 0.